The van der Waals surface area contributed by atoms with Crippen LogP contribution in [0.25, 0.3) is 11.3 Å². The van der Waals surface area contributed by atoms with E-state index >= 15 is 0 Å². The topological polar surface area (TPSA) is 46.3 Å². The lowest BCUT2D eigenvalue weighted by atomic mass is 10.1. The molecule has 0 bridgehead atoms. The molecule has 1 aliphatic rings. The van der Waals surface area contributed by atoms with E-state index in [0.717, 1.165) is 30.7 Å². The van der Waals surface area contributed by atoms with Crippen LogP contribution in [-0.4, -0.2) is 28.4 Å². The predicted molar refractivity (Wildman–Crippen MR) is 94.6 cm³/mol. The van der Waals surface area contributed by atoms with Crippen LogP contribution >= 0.6 is 0 Å². The summed E-state index contributed by atoms with van der Waals surface area (Å²) >= 11 is 0. The van der Waals surface area contributed by atoms with E-state index < -0.39 is 0 Å². The van der Waals surface area contributed by atoms with Gasteiger partial charge in [-0.3, -0.25) is 4.79 Å². The fraction of sp³-hybridized carbons (Fsp3) is 0.500. The molecule has 1 amide bonds. The lowest BCUT2D eigenvalue weighted by molar-refractivity contribution is -0.133. The van der Waals surface area contributed by atoms with Gasteiger partial charge in [-0.25, -0.2) is 4.98 Å². The molecule has 1 aromatic heterocycles. The molecular formula is C20H26N2O2. The fourth-order valence-corrected chi connectivity index (χ4v) is 3.49. The Morgan fingerprint density at radius 1 is 1.25 bits per heavy atom. The summed E-state index contributed by atoms with van der Waals surface area (Å²) in [6.45, 7) is 4.92. The van der Waals surface area contributed by atoms with Crippen molar-refractivity contribution in [1.82, 2.24) is 9.88 Å². The normalized spacial score (nSPS) is 14.9. The number of oxazole rings is 1. The van der Waals surface area contributed by atoms with Gasteiger partial charge in [0.25, 0.3) is 0 Å². The summed E-state index contributed by atoms with van der Waals surface area (Å²) in [5.74, 6) is 1.63. The molecule has 0 radical (unpaired) electrons. The molecule has 4 nitrogen and oxygen atoms in total. The van der Waals surface area contributed by atoms with Gasteiger partial charge in [-0.2, -0.15) is 0 Å². The summed E-state index contributed by atoms with van der Waals surface area (Å²) in [6.07, 6.45) is 7.57. The Bertz CT molecular complexity index is 669. The molecule has 2 aromatic rings. The SMILES string of the molecule is CCN(C(=O)CCc1ncc(-c2ccc(C)cc2)o1)C1CCCC1. The number of aryl methyl sites for hydroxylation is 2. The van der Waals surface area contributed by atoms with Crippen LogP contribution in [0, 0.1) is 6.92 Å². The third-order valence-electron chi connectivity index (χ3n) is 4.87. The first-order valence-electron chi connectivity index (χ1n) is 8.98. The molecule has 3 rings (SSSR count). The van der Waals surface area contributed by atoms with Crippen molar-refractivity contribution >= 4 is 5.91 Å². The molecular weight excluding hydrogens is 300 g/mol. The van der Waals surface area contributed by atoms with E-state index in [1.807, 2.05) is 17.0 Å². The molecule has 1 aromatic carbocycles. The van der Waals surface area contributed by atoms with E-state index in [2.05, 4.69) is 31.0 Å². The number of carbonyl (C=O) groups excluding carboxylic acids is 1. The molecule has 24 heavy (non-hydrogen) atoms. The molecule has 0 atom stereocenters. The Morgan fingerprint density at radius 3 is 2.62 bits per heavy atom. The van der Waals surface area contributed by atoms with Gasteiger partial charge in [-0.15, -0.1) is 0 Å². The highest BCUT2D eigenvalue weighted by Gasteiger charge is 2.25. The van der Waals surface area contributed by atoms with Crippen LogP contribution in [0.15, 0.2) is 34.9 Å². The first-order valence-corrected chi connectivity index (χ1v) is 8.98. The first kappa shape index (κ1) is 16.7. The van der Waals surface area contributed by atoms with Crippen molar-refractivity contribution in [3.8, 4) is 11.3 Å². The minimum atomic E-state index is 0.222. The van der Waals surface area contributed by atoms with Gasteiger partial charge in [-0.1, -0.05) is 42.7 Å². The molecule has 0 unspecified atom stereocenters. The van der Waals surface area contributed by atoms with Gasteiger partial charge in [0.05, 0.1) is 6.20 Å². The minimum Gasteiger partial charge on any atom is -0.441 e. The Labute approximate surface area is 143 Å². The zero-order valence-electron chi connectivity index (χ0n) is 14.6. The van der Waals surface area contributed by atoms with Crippen molar-refractivity contribution in [2.45, 2.75) is 58.4 Å². The maximum atomic E-state index is 12.5. The summed E-state index contributed by atoms with van der Waals surface area (Å²) in [6, 6.07) is 8.62. The number of hydrogen-bond donors (Lipinski definition) is 0. The maximum absolute atomic E-state index is 12.5. The van der Waals surface area contributed by atoms with Crippen LogP contribution < -0.4 is 0 Å². The molecule has 1 saturated carbocycles. The number of amides is 1. The smallest absolute Gasteiger partial charge is 0.223 e. The van der Waals surface area contributed by atoms with E-state index in [0.29, 0.717) is 24.8 Å². The summed E-state index contributed by atoms with van der Waals surface area (Å²) in [7, 11) is 0. The Morgan fingerprint density at radius 2 is 1.96 bits per heavy atom. The second-order valence-corrected chi connectivity index (χ2v) is 6.60. The number of carbonyl (C=O) groups is 1. The van der Waals surface area contributed by atoms with E-state index in [4.69, 9.17) is 4.42 Å². The quantitative estimate of drug-likeness (QED) is 0.791. The van der Waals surface area contributed by atoms with Crippen LogP contribution in [0.3, 0.4) is 0 Å². The largest absolute Gasteiger partial charge is 0.441 e. The Hall–Kier alpha value is -2.10. The molecule has 0 N–H and O–H groups in total. The second kappa shape index (κ2) is 7.65. The lowest BCUT2D eigenvalue weighted by Gasteiger charge is -2.27. The van der Waals surface area contributed by atoms with Crippen molar-refractivity contribution in [2.75, 3.05) is 6.54 Å². The zero-order valence-corrected chi connectivity index (χ0v) is 14.6. The van der Waals surface area contributed by atoms with Crippen molar-refractivity contribution in [2.24, 2.45) is 0 Å². The summed E-state index contributed by atoms with van der Waals surface area (Å²) in [5.41, 5.74) is 2.24. The highest BCUT2D eigenvalue weighted by molar-refractivity contribution is 5.76. The third-order valence-corrected chi connectivity index (χ3v) is 4.87. The molecule has 1 fully saturated rings. The van der Waals surface area contributed by atoms with Crippen molar-refractivity contribution in [3.05, 3.63) is 41.9 Å². The van der Waals surface area contributed by atoms with Gasteiger partial charge >= 0.3 is 0 Å². The average molecular weight is 326 g/mol. The van der Waals surface area contributed by atoms with Crippen LogP contribution in [0.4, 0.5) is 0 Å². The van der Waals surface area contributed by atoms with Crippen LogP contribution in [0.1, 0.15) is 50.5 Å². The molecule has 128 valence electrons. The number of benzene rings is 1. The number of rotatable bonds is 6. The Balaban J connectivity index is 1.58. The molecule has 0 spiro atoms. The predicted octanol–water partition coefficient (Wildman–Crippen LogP) is 4.37. The van der Waals surface area contributed by atoms with Gasteiger partial charge in [-0.05, 0) is 26.7 Å². The van der Waals surface area contributed by atoms with E-state index in [-0.39, 0.29) is 5.91 Å². The minimum absolute atomic E-state index is 0.222. The molecule has 1 heterocycles. The fourth-order valence-electron chi connectivity index (χ4n) is 3.49. The van der Waals surface area contributed by atoms with Crippen LogP contribution in [-0.2, 0) is 11.2 Å². The lowest BCUT2D eigenvalue weighted by Crippen LogP contribution is -2.38. The van der Waals surface area contributed by atoms with Crippen molar-refractivity contribution in [3.63, 3.8) is 0 Å². The van der Waals surface area contributed by atoms with E-state index in [1.165, 1.54) is 18.4 Å². The monoisotopic (exact) mass is 326 g/mol. The van der Waals surface area contributed by atoms with E-state index in [1.54, 1.807) is 6.20 Å². The van der Waals surface area contributed by atoms with Gasteiger partial charge in [0.2, 0.25) is 5.91 Å². The molecule has 0 saturated heterocycles. The maximum Gasteiger partial charge on any atom is 0.223 e. The second-order valence-electron chi connectivity index (χ2n) is 6.60. The standard InChI is InChI=1S/C20H26N2O2/c1-3-22(17-6-4-5-7-17)20(23)13-12-19-21-14-18(24-19)16-10-8-15(2)9-11-16/h8-11,14,17H,3-7,12-13H2,1-2H3. The van der Waals surface area contributed by atoms with Crippen LogP contribution in [0.5, 0.6) is 0 Å². The highest BCUT2D eigenvalue weighted by Crippen LogP contribution is 2.25. The average Bonchev–Trinajstić information content (AvgIpc) is 3.26. The first-order chi connectivity index (χ1) is 11.7. The van der Waals surface area contributed by atoms with E-state index in [9.17, 15) is 4.79 Å². The zero-order chi connectivity index (χ0) is 16.9. The van der Waals surface area contributed by atoms with Gasteiger partial charge in [0.1, 0.15) is 0 Å². The van der Waals surface area contributed by atoms with Crippen LogP contribution in [0.2, 0.25) is 0 Å². The summed E-state index contributed by atoms with van der Waals surface area (Å²) in [4.78, 5) is 18.9. The van der Waals surface area contributed by atoms with Gasteiger partial charge < -0.3 is 9.32 Å². The molecule has 1 aliphatic carbocycles. The number of hydrogen-bond acceptors (Lipinski definition) is 3. The third kappa shape index (κ3) is 3.86. The number of aromatic nitrogens is 1. The summed E-state index contributed by atoms with van der Waals surface area (Å²) < 4.78 is 5.82. The summed E-state index contributed by atoms with van der Waals surface area (Å²) in [5, 5.41) is 0. The molecule has 4 heteroatoms. The highest BCUT2D eigenvalue weighted by atomic mass is 16.4. The van der Waals surface area contributed by atoms with Crippen molar-refractivity contribution < 1.29 is 9.21 Å². The molecule has 0 aliphatic heterocycles. The Kier molecular flexibility index (Phi) is 5.34. The van der Waals surface area contributed by atoms with Gasteiger partial charge in [0.15, 0.2) is 11.7 Å². The van der Waals surface area contributed by atoms with Gasteiger partial charge in [0, 0.05) is 31.0 Å². The number of nitrogens with zero attached hydrogens (tertiary/aromatic N) is 2. The van der Waals surface area contributed by atoms with Crippen molar-refractivity contribution in [1.29, 1.82) is 0 Å².